The van der Waals surface area contributed by atoms with Gasteiger partial charge in [-0.25, -0.2) is 4.98 Å². The van der Waals surface area contributed by atoms with Crippen LogP contribution in [0, 0.1) is 17.0 Å². The molecule has 0 unspecified atom stereocenters. The molecular formula is C17H20N4O3. The predicted octanol–water partition coefficient (Wildman–Crippen LogP) is 2.33. The number of anilines is 1. The summed E-state index contributed by atoms with van der Waals surface area (Å²) in [5, 5.41) is 20.4. The molecule has 1 aliphatic rings. The van der Waals surface area contributed by atoms with E-state index in [1.807, 2.05) is 12.1 Å². The molecule has 0 spiro atoms. The van der Waals surface area contributed by atoms with Crippen molar-refractivity contribution in [2.24, 2.45) is 0 Å². The standard InChI is InChI=1S/C17H20N4O3/c1-13-9-17(18-11-16(13)21(23)24)20-7-5-19(6-8-20)12-14-3-2-4-15(22)10-14/h2-4,9-11,22H,5-8,12H2,1H3. The summed E-state index contributed by atoms with van der Waals surface area (Å²) in [6.45, 7) is 5.95. The van der Waals surface area contributed by atoms with Crippen LogP contribution < -0.4 is 4.90 Å². The van der Waals surface area contributed by atoms with E-state index < -0.39 is 4.92 Å². The Labute approximate surface area is 140 Å². The van der Waals surface area contributed by atoms with Crippen molar-refractivity contribution in [1.29, 1.82) is 0 Å². The Balaban J connectivity index is 1.61. The zero-order valence-corrected chi connectivity index (χ0v) is 13.6. The van der Waals surface area contributed by atoms with E-state index >= 15 is 0 Å². The second-order valence-corrected chi connectivity index (χ2v) is 6.02. The Bertz CT molecular complexity index is 742. The van der Waals surface area contributed by atoms with E-state index in [2.05, 4.69) is 14.8 Å². The number of aryl methyl sites for hydroxylation is 1. The summed E-state index contributed by atoms with van der Waals surface area (Å²) in [5.41, 5.74) is 1.78. The highest BCUT2D eigenvalue weighted by Crippen LogP contribution is 2.22. The van der Waals surface area contributed by atoms with Gasteiger partial charge in [-0.05, 0) is 30.7 Å². The van der Waals surface area contributed by atoms with Crippen molar-refractivity contribution in [2.75, 3.05) is 31.1 Å². The Morgan fingerprint density at radius 1 is 1.25 bits per heavy atom. The third kappa shape index (κ3) is 3.62. The van der Waals surface area contributed by atoms with Crippen molar-refractivity contribution in [3.8, 4) is 5.75 Å². The number of rotatable bonds is 4. The quantitative estimate of drug-likeness (QED) is 0.685. The van der Waals surface area contributed by atoms with E-state index in [0.717, 1.165) is 44.1 Å². The maximum absolute atomic E-state index is 10.9. The number of hydrogen-bond acceptors (Lipinski definition) is 6. The molecule has 1 aromatic carbocycles. The zero-order chi connectivity index (χ0) is 17.1. The molecule has 0 saturated carbocycles. The maximum atomic E-state index is 10.9. The molecule has 0 radical (unpaired) electrons. The van der Waals surface area contributed by atoms with Crippen molar-refractivity contribution in [2.45, 2.75) is 13.5 Å². The molecule has 0 bridgehead atoms. The fourth-order valence-electron chi connectivity index (χ4n) is 2.95. The Hall–Kier alpha value is -2.67. The van der Waals surface area contributed by atoms with Crippen molar-refractivity contribution in [3.05, 3.63) is 57.8 Å². The van der Waals surface area contributed by atoms with Crippen LogP contribution in [0.15, 0.2) is 36.5 Å². The van der Waals surface area contributed by atoms with Gasteiger partial charge in [-0.2, -0.15) is 0 Å². The van der Waals surface area contributed by atoms with Gasteiger partial charge < -0.3 is 10.0 Å². The first kappa shape index (κ1) is 16.2. The predicted molar refractivity (Wildman–Crippen MR) is 91.2 cm³/mol. The molecular weight excluding hydrogens is 308 g/mol. The number of nitrogens with zero attached hydrogens (tertiary/aromatic N) is 4. The smallest absolute Gasteiger partial charge is 0.290 e. The SMILES string of the molecule is Cc1cc(N2CCN(Cc3cccc(O)c3)CC2)ncc1[N+](=O)[O-]. The Kier molecular flexibility index (Phi) is 4.61. The second kappa shape index (κ2) is 6.84. The number of pyridine rings is 1. The average Bonchev–Trinajstić information content (AvgIpc) is 2.55. The van der Waals surface area contributed by atoms with Gasteiger partial charge in [-0.15, -0.1) is 0 Å². The number of phenolic OH excluding ortho intramolecular Hbond substituents is 1. The largest absolute Gasteiger partial charge is 0.508 e. The van der Waals surface area contributed by atoms with Crippen LogP contribution in [0.5, 0.6) is 5.75 Å². The van der Waals surface area contributed by atoms with Crippen molar-refractivity contribution in [3.63, 3.8) is 0 Å². The molecule has 7 nitrogen and oxygen atoms in total. The molecule has 0 aliphatic carbocycles. The van der Waals surface area contributed by atoms with Crippen molar-refractivity contribution >= 4 is 11.5 Å². The number of nitro groups is 1. The molecule has 1 fully saturated rings. The molecule has 0 amide bonds. The van der Waals surface area contributed by atoms with E-state index in [1.54, 1.807) is 25.1 Å². The van der Waals surface area contributed by atoms with Crippen LogP contribution in [0.3, 0.4) is 0 Å². The van der Waals surface area contributed by atoms with Gasteiger partial charge in [-0.1, -0.05) is 12.1 Å². The molecule has 7 heteroatoms. The molecule has 2 aromatic rings. The minimum atomic E-state index is -0.403. The van der Waals surface area contributed by atoms with Crippen LogP contribution in [0.1, 0.15) is 11.1 Å². The molecule has 0 atom stereocenters. The highest BCUT2D eigenvalue weighted by Gasteiger charge is 2.20. The lowest BCUT2D eigenvalue weighted by Crippen LogP contribution is -2.46. The van der Waals surface area contributed by atoms with Gasteiger partial charge in [0.05, 0.1) is 4.92 Å². The van der Waals surface area contributed by atoms with E-state index in [0.29, 0.717) is 5.56 Å². The number of aromatic nitrogens is 1. The summed E-state index contributed by atoms with van der Waals surface area (Å²) in [6, 6.07) is 9.10. The van der Waals surface area contributed by atoms with E-state index in [1.165, 1.54) is 6.20 Å². The Morgan fingerprint density at radius 3 is 2.62 bits per heavy atom. The summed E-state index contributed by atoms with van der Waals surface area (Å²) >= 11 is 0. The molecule has 24 heavy (non-hydrogen) atoms. The van der Waals surface area contributed by atoms with Crippen LogP contribution in [-0.2, 0) is 6.54 Å². The molecule has 1 saturated heterocycles. The molecule has 1 aromatic heterocycles. The van der Waals surface area contributed by atoms with E-state index in [9.17, 15) is 15.2 Å². The average molecular weight is 328 g/mol. The van der Waals surface area contributed by atoms with Crippen LogP contribution in [0.25, 0.3) is 0 Å². The number of piperazine rings is 1. The summed E-state index contributed by atoms with van der Waals surface area (Å²) in [4.78, 5) is 19.2. The van der Waals surface area contributed by atoms with E-state index in [-0.39, 0.29) is 11.4 Å². The molecule has 2 heterocycles. The second-order valence-electron chi connectivity index (χ2n) is 6.02. The summed E-state index contributed by atoms with van der Waals surface area (Å²) in [5.74, 6) is 1.08. The highest BCUT2D eigenvalue weighted by atomic mass is 16.6. The van der Waals surface area contributed by atoms with Gasteiger partial charge in [0.1, 0.15) is 17.8 Å². The molecule has 3 rings (SSSR count). The number of benzene rings is 1. The summed E-state index contributed by atoms with van der Waals surface area (Å²) in [6.07, 6.45) is 1.34. The minimum Gasteiger partial charge on any atom is -0.508 e. The van der Waals surface area contributed by atoms with Gasteiger partial charge in [0.15, 0.2) is 0 Å². The maximum Gasteiger partial charge on any atom is 0.290 e. The molecule has 1 aliphatic heterocycles. The normalized spacial score (nSPS) is 15.5. The number of phenols is 1. The van der Waals surface area contributed by atoms with Gasteiger partial charge in [-0.3, -0.25) is 15.0 Å². The lowest BCUT2D eigenvalue weighted by atomic mass is 10.2. The summed E-state index contributed by atoms with van der Waals surface area (Å²) in [7, 11) is 0. The third-order valence-electron chi connectivity index (χ3n) is 4.28. The van der Waals surface area contributed by atoms with Gasteiger partial charge in [0, 0.05) is 38.3 Å². The van der Waals surface area contributed by atoms with Crippen LogP contribution in [0.4, 0.5) is 11.5 Å². The summed E-state index contributed by atoms with van der Waals surface area (Å²) < 4.78 is 0. The third-order valence-corrected chi connectivity index (χ3v) is 4.28. The first-order valence-corrected chi connectivity index (χ1v) is 7.89. The number of hydrogen-bond donors (Lipinski definition) is 1. The van der Waals surface area contributed by atoms with Gasteiger partial charge in [0.25, 0.3) is 5.69 Å². The fraction of sp³-hybridized carbons (Fsp3) is 0.353. The zero-order valence-electron chi connectivity index (χ0n) is 13.6. The van der Waals surface area contributed by atoms with E-state index in [4.69, 9.17) is 0 Å². The van der Waals surface area contributed by atoms with Crippen molar-refractivity contribution in [1.82, 2.24) is 9.88 Å². The lowest BCUT2D eigenvalue weighted by Gasteiger charge is -2.35. The monoisotopic (exact) mass is 328 g/mol. The molecule has 126 valence electrons. The first-order valence-electron chi connectivity index (χ1n) is 7.89. The number of aromatic hydroxyl groups is 1. The van der Waals surface area contributed by atoms with Crippen LogP contribution in [0.2, 0.25) is 0 Å². The first-order chi connectivity index (χ1) is 11.5. The molecule has 1 N–H and O–H groups in total. The van der Waals surface area contributed by atoms with Crippen LogP contribution >= 0.6 is 0 Å². The van der Waals surface area contributed by atoms with Gasteiger partial charge in [0.2, 0.25) is 0 Å². The fourth-order valence-corrected chi connectivity index (χ4v) is 2.95. The van der Waals surface area contributed by atoms with Crippen LogP contribution in [-0.4, -0.2) is 46.1 Å². The van der Waals surface area contributed by atoms with Gasteiger partial charge >= 0.3 is 0 Å². The topological polar surface area (TPSA) is 82.7 Å². The highest BCUT2D eigenvalue weighted by molar-refractivity contribution is 5.48. The Morgan fingerprint density at radius 2 is 2.00 bits per heavy atom. The van der Waals surface area contributed by atoms with Crippen molar-refractivity contribution < 1.29 is 10.0 Å². The lowest BCUT2D eigenvalue weighted by molar-refractivity contribution is -0.385. The minimum absolute atomic E-state index is 0.0567.